The Morgan fingerprint density at radius 2 is 2.05 bits per heavy atom. The maximum atomic E-state index is 13.1. The molecule has 2 rings (SSSR count). The number of nitrogens with one attached hydrogen (secondary N) is 1. The first-order chi connectivity index (χ1) is 9.40. The number of benzene rings is 1. The molecule has 20 heavy (non-hydrogen) atoms. The number of halogens is 1. The SMILES string of the molecule is CC(NS(=O)(=O)c1ncccc1N)c1cccc(F)c1. The van der Waals surface area contributed by atoms with Crippen molar-refractivity contribution in [3.63, 3.8) is 0 Å². The van der Waals surface area contributed by atoms with Gasteiger partial charge in [-0.3, -0.25) is 0 Å². The van der Waals surface area contributed by atoms with Gasteiger partial charge in [-0.15, -0.1) is 0 Å². The molecule has 106 valence electrons. The monoisotopic (exact) mass is 295 g/mol. The van der Waals surface area contributed by atoms with Crippen molar-refractivity contribution in [2.45, 2.75) is 18.0 Å². The van der Waals surface area contributed by atoms with Crippen molar-refractivity contribution in [3.05, 3.63) is 54.0 Å². The van der Waals surface area contributed by atoms with Crippen LogP contribution >= 0.6 is 0 Å². The second kappa shape index (κ2) is 5.56. The Labute approximate surface area is 116 Å². The lowest BCUT2D eigenvalue weighted by atomic mass is 10.1. The first kappa shape index (κ1) is 14.4. The van der Waals surface area contributed by atoms with Gasteiger partial charge in [0.2, 0.25) is 0 Å². The summed E-state index contributed by atoms with van der Waals surface area (Å²) >= 11 is 0. The van der Waals surface area contributed by atoms with Crippen molar-refractivity contribution in [1.82, 2.24) is 9.71 Å². The third kappa shape index (κ3) is 3.12. The van der Waals surface area contributed by atoms with Crippen LogP contribution in [0.3, 0.4) is 0 Å². The number of sulfonamides is 1. The van der Waals surface area contributed by atoms with E-state index in [1.807, 2.05) is 0 Å². The van der Waals surface area contributed by atoms with Crippen molar-refractivity contribution < 1.29 is 12.8 Å². The normalized spacial score (nSPS) is 13.1. The van der Waals surface area contributed by atoms with Crippen LogP contribution < -0.4 is 10.5 Å². The number of rotatable bonds is 4. The maximum Gasteiger partial charge on any atom is 0.260 e. The van der Waals surface area contributed by atoms with E-state index in [0.29, 0.717) is 5.56 Å². The van der Waals surface area contributed by atoms with Gasteiger partial charge in [0, 0.05) is 12.2 Å². The van der Waals surface area contributed by atoms with Gasteiger partial charge in [-0.25, -0.2) is 22.5 Å². The summed E-state index contributed by atoms with van der Waals surface area (Å²) in [7, 11) is -3.86. The number of hydrogen-bond donors (Lipinski definition) is 2. The van der Waals surface area contributed by atoms with Gasteiger partial charge in [-0.05, 0) is 36.8 Å². The molecular weight excluding hydrogens is 281 g/mol. The number of aromatic nitrogens is 1. The van der Waals surface area contributed by atoms with Gasteiger partial charge in [-0.1, -0.05) is 12.1 Å². The molecule has 0 saturated heterocycles. The topological polar surface area (TPSA) is 85.1 Å². The van der Waals surface area contributed by atoms with E-state index < -0.39 is 21.9 Å². The number of pyridine rings is 1. The fraction of sp³-hybridized carbons (Fsp3) is 0.154. The largest absolute Gasteiger partial charge is 0.396 e. The van der Waals surface area contributed by atoms with Gasteiger partial charge < -0.3 is 5.73 Å². The Morgan fingerprint density at radius 1 is 1.30 bits per heavy atom. The summed E-state index contributed by atoms with van der Waals surface area (Å²) in [6, 6.07) is 8.12. The lowest BCUT2D eigenvalue weighted by Crippen LogP contribution is -2.28. The maximum absolute atomic E-state index is 13.1. The fourth-order valence-corrected chi connectivity index (χ4v) is 3.05. The molecule has 0 fully saturated rings. The number of nitrogens with two attached hydrogens (primary N) is 1. The van der Waals surface area contributed by atoms with E-state index >= 15 is 0 Å². The minimum Gasteiger partial charge on any atom is -0.396 e. The van der Waals surface area contributed by atoms with E-state index in [0.717, 1.165) is 0 Å². The van der Waals surface area contributed by atoms with Crippen molar-refractivity contribution in [3.8, 4) is 0 Å². The van der Waals surface area contributed by atoms with Crippen LogP contribution in [-0.2, 0) is 10.0 Å². The average Bonchev–Trinajstić information content (AvgIpc) is 2.38. The van der Waals surface area contributed by atoms with Crippen molar-refractivity contribution in [1.29, 1.82) is 0 Å². The van der Waals surface area contributed by atoms with Gasteiger partial charge in [0.1, 0.15) is 5.82 Å². The van der Waals surface area contributed by atoms with E-state index in [9.17, 15) is 12.8 Å². The van der Waals surface area contributed by atoms with Crippen LogP contribution in [0.4, 0.5) is 10.1 Å². The molecule has 2 aromatic rings. The first-order valence-corrected chi connectivity index (χ1v) is 7.37. The van der Waals surface area contributed by atoms with E-state index in [4.69, 9.17) is 5.73 Å². The molecule has 1 unspecified atom stereocenters. The molecule has 0 bridgehead atoms. The third-order valence-corrected chi connectivity index (χ3v) is 4.25. The molecule has 0 aliphatic rings. The summed E-state index contributed by atoms with van der Waals surface area (Å²) in [5.74, 6) is -0.425. The Balaban J connectivity index is 2.27. The van der Waals surface area contributed by atoms with Crippen molar-refractivity contribution >= 4 is 15.7 Å². The number of nitrogen functional groups attached to an aromatic ring is 1. The molecule has 0 aliphatic carbocycles. The van der Waals surface area contributed by atoms with E-state index in [-0.39, 0.29) is 10.7 Å². The van der Waals surface area contributed by atoms with Crippen LogP contribution in [0, 0.1) is 5.82 Å². The highest BCUT2D eigenvalue weighted by atomic mass is 32.2. The summed E-state index contributed by atoms with van der Waals surface area (Å²) in [5, 5.41) is -0.233. The molecule has 7 heteroatoms. The Hall–Kier alpha value is -1.99. The third-order valence-electron chi connectivity index (χ3n) is 2.74. The molecule has 1 aromatic heterocycles. The minimum atomic E-state index is -3.86. The fourth-order valence-electron chi connectivity index (χ4n) is 1.76. The van der Waals surface area contributed by atoms with E-state index in [1.165, 1.54) is 30.5 Å². The van der Waals surface area contributed by atoms with Crippen molar-refractivity contribution in [2.24, 2.45) is 0 Å². The predicted molar refractivity (Wildman–Crippen MR) is 73.8 cm³/mol. The average molecular weight is 295 g/mol. The number of nitrogens with zero attached hydrogens (tertiary/aromatic N) is 1. The lowest BCUT2D eigenvalue weighted by Gasteiger charge is -2.15. The van der Waals surface area contributed by atoms with Gasteiger partial charge in [0.05, 0.1) is 5.69 Å². The zero-order chi connectivity index (χ0) is 14.8. The zero-order valence-electron chi connectivity index (χ0n) is 10.7. The number of anilines is 1. The Kier molecular flexibility index (Phi) is 4.01. The molecular formula is C13H14FN3O2S. The Morgan fingerprint density at radius 3 is 2.70 bits per heavy atom. The molecule has 0 aliphatic heterocycles. The van der Waals surface area contributed by atoms with E-state index in [1.54, 1.807) is 19.1 Å². The highest BCUT2D eigenvalue weighted by Gasteiger charge is 2.22. The summed E-state index contributed by atoms with van der Waals surface area (Å²) in [5.41, 5.74) is 6.18. The van der Waals surface area contributed by atoms with Crippen LogP contribution in [0.5, 0.6) is 0 Å². The summed E-state index contributed by atoms with van der Waals surface area (Å²) in [6.45, 7) is 1.62. The zero-order valence-corrected chi connectivity index (χ0v) is 11.6. The van der Waals surface area contributed by atoms with Crippen molar-refractivity contribution in [2.75, 3.05) is 5.73 Å². The highest BCUT2D eigenvalue weighted by Crippen LogP contribution is 2.19. The van der Waals surface area contributed by atoms with Crippen LogP contribution in [-0.4, -0.2) is 13.4 Å². The Bertz CT molecular complexity index is 719. The van der Waals surface area contributed by atoms with Gasteiger partial charge >= 0.3 is 0 Å². The molecule has 0 amide bonds. The second-order valence-electron chi connectivity index (χ2n) is 4.30. The predicted octanol–water partition coefficient (Wildman–Crippen LogP) is 1.84. The molecule has 3 N–H and O–H groups in total. The van der Waals surface area contributed by atoms with Crippen LogP contribution in [0.25, 0.3) is 0 Å². The lowest BCUT2D eigenvalue weighted by molar-refractivity contribution is 0.561. The van der Waals surface area contributed by atoms with Crippen LogP contribution in [0.1, 0.15) is 18.5 Å². The van der Waals surface area contributed by atoms with Crippen LogP contribution in [0.15, 0.2) is 47.6 Å². The van der Waals surface area contributed by atoms with Crippen LogP contribution in [0.2, 0.25) is 0 Å². The van der Waals surface area contributed by atoms with Gasteiger partial charge in [0.25, 0.3) is 10.0 Å². The van der Waals surface area contributed by atoms with Gasteiger partial charge in [-0.2, -0.15) is 0 Å². The smallest absolute Gasteiger partial charge is 0.260 e. The van der Waals surface area contributed by atoms with E-state index in [2.05, 4.69) is 9.71 Å². The highest BCUT2D eigenvalue weighted by molar-refractivity contribution is 7.89. The number of hydrogen-bond acceptors (Lipinski definition) is 4. The molecule has 1 atom stereocenters. The molecule has 0 radical (unpaired) electrons. The molecule has 0 spiro atoms. The minimum absolute atomic E-state index is 0.0615. The quantitative estimate of drug-likeness (QED) is 0.901. The standard InChI is InChI=1S/C13H14FN3O2S/c1-9(10-4-2-5-11(14)8-10)17-20(18,19)13-12(15)6-3-7-16-13/h2-9,17H,15H2,1H3. The molecule has 0 saturated carbocycles. The second-order valence-corrected chi connectivity index (χ2v) is 5.93. The molecule has 5 nitrogen and oxygen atoms in total. The van der Waals surface area contributed by atoms with Gasteiger partial charge in [0.15, 0.2) is 5.03 Å². The summed E-state index contributed by atoms with van der Waals surface area (Å²) in [6.07, 6.45) is 1.35. The summed E-state index contributed by atoms with van der Waals surface area (Å²) in [4.78, 5) is 3.76. The molecule has 1 aromatic carbocycles. The first-order valence-electron chi connectivity index (χ1n) is 5.88. The summed E-state index contributed by atoms with van der Waals surface area (Å²) < 4.78 is 39.9. The molecule has 1 heterocycles.